The fourth-order valence-corrected chi connectivity index (χ4v) is 4.81. The van der Waals surface area contributed by atoms with Crippen LogP contribution in [0.3, 0.4) is 0 Å². The Bertz CT molecular complexity index is 494. The second kappa shape index (κ2) is 5.86. The van der Waals surface area contributed by atoms with Crippen molar-refractivity contribution in [3.8, 4) is 0 Å². The first-order valence-electron chi connectivity index (χ1n) is 8.44. The van der Waals surface area contributed by atoms with Crippen molar-refractivity contribution in [2.75, 3.05) is 31.1 Å². The summed E-state index contributed by atoms with van der Waals surface area (Å²) in [6.45, 7) is 4.98. The monoisotopic (exact) mass is 307 g/mol. The number of piperidine rings is 1. The Morgan fingerprint density at radius 3 is 2.62 bits per heavy atom. The van der Waals surface area contributed by atoms with Gasteiger partial charge in [0.25, 0.3) is 0 Å². The minimum absolute atomic E-state index is 0.160. The molecule has 5 heteroatoms. The van der Waals surface area contributed by atoms with E-state index in [1.54, 1.807) is 11.3 Å². The summed E-state index contributed by atoms with van der Waals surface area (Å²) in [4.78, 5) is 11.1. The maximum Gasteiger partial charge on any atom is 0.185 e. The number of anilines is 1. The minimum atomic E-state index is 0.160. The molecular weight excluding hydrogens is 282 g/mol. The molecule has 1 aromatic rings. The SMILES string of the molecule is OCc1sc(N2CCC(N3CCCCC3)C2)nc1C1CC1. The molecule has 0 radical (unpaired) electrons. The highest BCUT2D eigenvalue weighted by Gasteiger charge is 2.33. The van der Waals surface area contributed by atoms with Gasteiger partial charge in [-0.1, -0.05) is 17.8 Å². The molecular formula is C16H25N3OS. The van der Waals surface area contributed by atoms with E-state index in [2.05, 4.69) is 9.80 Å². The molecule has 0 aromatic carbocycles. The van der Waals surface area contributed by atoms with E-state index < -0.39 is 0 Å². The van der Waals surface area contributed by atoms with Crippen LogP contribution in [0, 0.1) is 0 Å². The Balaban J connectivity index is 1.45. The molecule has 1 unspecified atom stereocenters. The first-order chi connectivity index (χ1) is 10.3. The average Bonchev–Trinajstić information content (AvgIpc) is 3.11. The van der Waals surface area contributed by atoms with E-state index in [0.717, 1.165) is 29.1 Å². The number of aliphatic hydroxyl groups is 1. The normalized spacial score (nSPS) is 27.5. The van der Waals surface area contributed by atoms with Gasteiger partial charge in [-0.2, -0.15) is 0 Å². The van der Waals surface area contributed by atoms with Crippen LogP contribution in [0.5, 0.6) is 0 Å². The third-order valence-corrected chi connectivity index (χ3v) is 6.28. The zero-order chi connectivity index (χ0) is 14.2. The first kappa shape index (κ1) is 14.0. The van der Waals surface area contributed by atoms with Gasteiger partial charge in [-0.25, -0.2) is 4.98 Å². The summed E-state index contributed by atoms with van der Waals surface area (Å²) in [6.07, 6.45) is 7.93. The quantitative estimate of drug-likeness (QED) is 0.928. The predicted molar refractivity (Wildman–Crippen MR) is 86.1 cm³/mol. The highest BCUT2D eigenvalue weighted by Crippen LogP contribution is 2.44. The van der Waals surface area contributed by atoms with Gasteiger partial charge in [-0.3, -0.25) is 4.90 Å². The number of hydrogen-bond donors (Lipinski definition) is 1. The molecule has 3 aliphatic rings. The lowest BCUT2D eigenvalue weighted by molar-refractivity contribution is 0.175. The highest BCUT2D eigenvalue weighted by atomic mass is 32.1. The Labute approximate surface area is 130 Å². The van der Waals surface area contributed by atoms with E-state index in [1.807, 2.05) is 0 Å². The summed E-state index contributed by atoms with van der Waals surface area (Å²) < 4.78 is 0. The fraction of sp³-hybridized carbons (Fsp3) is 0.812. The summed E-state index contributed by atoms with van der Waals surface area (Å²) in [7, 11) is 0. The smallest absolute Gasteiger partial charge is 0.185 e. The van der Waals surface area contributed by atoms with Crippen molar-refractivity contribution in [2.45, 2.75) is 57.1 Å². The van der Waals surface area contributed by atoms with Gasteiger partial charge in [0.2, 0.25) is 0 Å². The van der Waals surface area contributed by atoms with Crippen LogP contribution in [-0.2, 0) is 6.61 Å². The molecule has 1 saturated carbocycles. The summed E-state index contributed by atoms with van der Waals surface area (Å²) in [5.41, 5.74) is 1.19. The fourth-order valence-electron chi connectivity index (χ4n) is 3.77. The molecule has 1 aliphatic carbocycles. The Kier molecular flexibility index (Phi) is 3.90. The standard InChI is InChI=1S/C16H25N3OS/c20-11-14-15(12-4-5-12)17-16(21-14)19-9-6-13(10-19)18-7-2-1-3-8-18/h12-13,20H,1-11H2. The number of likely N-dealkylation sites (tertiary alicyclic amines) is 1. The largest absolute Gasteiger partial charge is 0.391 e. The molecule has 2 saturated heterocycles. The lowest BCUT2D eigenvalue weighted by Gasteiger charge is -2.32. The van der Waals surface area contributed by atoms with Crippen LogP contribution in [0.4, 0.5) is 5.13 Å². The topological polar surface area (TPSA) is 39.6 Å². The van der Waals surface area contributed by atoms with Gasteiger partial charge in [0.1, 0.15) is 0 Å². The van der Waals surface area contributed by atoms with Crippen molar-refractivity contribution < 1.29 is 5.11 Å². The zero-order valence-electron chi connectivity index (χ0n) is 12.6. The van der Waals surface area contributed by atoms with Crippen molar-refractivity contribution >= 4 is 16.5 Å². The number of rotatable bonds is 4. The molecule has 1 N–H and O–H groups in total. The highest BCUT2D eigenvalue weighted by molar-refractivity contribution is 7.15. The molecule has 0 bridgehead atoms. The first-order valence-corrected chi connectivity index (χ1v) is 9.26. The predicted octanol–water partition coefficient (Wildman–Crippen LogP) is 2.58. The Morgan fingerprint density at radius 1 is 1.10 bits per heavy atom. The van der Waals surface area contributed by atoms with Crippen molar-refractivity contribution in [1.82, 2.24) is 9.88 Å². The number of thiazole rings is 1. The number of aliphatic hydroxyl groups excluding tert-OH is 1. The van der Waals surface area contributed by atoms with E-state index in [1.165, 1.54) is 57.3 Å². The number of hydrogen-bond acceptors (Lipinski definition) is 5. The second-order valence-corrected chi connectivity index (χ2v) is 7.78. The molecule has 4 nitrogen and oxygen atoms in total. The Hall–Kier alpha value is -0.650. The molecule has 3 heterocycles. The van der Waals surface area contributed by atoms with Gasteiger partial charge in [0.15, 0.2) is 5.13 Å². The number of nitrogens with zero attached hydrogens (tertiary/aromatic N) is 3. The number of aromatic nitrogens is 1. The second-order valence-electron chi connectivity index (χ2n) is 6.72. The van der Waals surface area contributed by atoms with Crippen LogP contribution < -0.4 is 4.90 Å². The van der Waals surface area contributed by atoms with Gasteiger partial charge in [-0.05, 0) is 45.2 Å². The lowest BCUT2D eigenvalue weighted by atomic mass is 10.1. The van der Waals surface area contributed by atoms with Crippen LogP contribution in [0.2, 0.25) is 0 Å². The van der Waals surface area contributed by atoms with Crippen LogP contribution in [0.25, 0.3) is 0 Å². The molecule has 1 aromatic heterocycles. The van der Waals surface area contributed by atoms with E-state index in [-0.39, 0.29) is 6.61 Å². The van der Waals surface area contributed by atoms with Crippen molar-refractivity contribution in [1.29, 1.82) is 0 Å². The molecule has 1 atom stereocenters. The van der Waals surface area contributed by atoms with E-state index in [9.17, 15) is 5.11 Å². The van der Waals surface area contributed by atoms with Crippen LogP contribution in [0.15, 0.2) is 0 Å². The molecule has 0 amide bonds. The lowest BCUT2D eigenvalue weighted by Crippen LogP contribution is -2.40. The van der Waals surface area contributed by atoms with Crippen LogP contribution in [-0.4, -0.2) is 47.2 Å². The summed E-state index contributed by atoms with van der Waals surface area (Å²) >= 11 is 1.72. The van der Waals surface area contributed by atoms with Gasteiger partial charge in [0.05, 0.1) is 17.2 Å². The van der Waals surface area contributed by atoms with E-state index in [4.69, 9.17) is 4.98 Å². The third kappa shape index (κ3) is 2.83. The van der Waals surface area contributed by atoms with Gasteiger partial charge in [-0.15, -0.1) is 0 Å². The average molecular weight is 307 g/mol. The van der Waals surface area contributed by atoms with Crippen molar-refractivity contribution in [3.05, 3.63) is 10.6 Å². The summed E-state index contributed by atoms with van der Waals surface area (Å²) in [5.74, 6) is 0.637. The van der Waals surface area contributed by atoms with Gasteiger partial charge in [0, 0.05) is 25.0 Å². The maximum atomic E-state index is 9.55. The van der Waals surface area contributed by atoms with E-state index in [0.29, 0.717) is 5.92 Å². The van der Waals surface area contributed by atoms with Crippen molar-refractivity contribution in [3.63, 3.8) is 0 Å². The van der Waals surface area contributed by atoms with Gasteiger partial charge < -0.3 is 10.0 Å². The third-order valence-electron chi connectivity index (χ3n) is 5.16. The molecule has 21 heavy (non-hydrogen) atoms. The molecule has 116 valence electrons. The maximum absolute atomic E-state index is 9.55. The molecule has 3 fully saturated rings. The van der Waals surface area contributed by atoms with Crippen LogP contribution in [0.1, 0.15) is 55.0 Å². The van der Waals surface area contributed by atoms with Gasteiger partial charge >= 0.3 is 0 Å². The summed E-state index contributed by atoms with van der Waals surface area (Å²) in [6, 6.07) is 0.719. The molecule has 4 rings (SSSR count). The summed E-state index contributed by atoms with van der Waals surface area (Å²) in [5, 5.41) is 10.7. The Morgan fingerprint density at radius 2 is 1.90 bits per heavy atom. The van der Waals surface area contributed by atoms with Crippen molar-refractivity contribution in [2.24, 2.45) is 0 Å². The molecule has 0 spiro atoms. The van der Waals surface area contributed by atoms with Crippen LogP contribution >= 0.6 is 11.3 Å². The minimum Gasteiger partial charge on any atom is -0.391 e. The molecule has 2 aliphatic heterocycles. The zero-order valence-corrected chi connectivity index (χ0v) is 13.4. The van der Waals surface area contributed by atoms with E-state index >= 15 is 0 Å².